The SMILES string of the molecule is O=C(NCc1ccco1)c1cc(F)c([N+](=O)[O-])cc1F. The lowest BCUT2D eigenvalue weighted by Crippen LogP contribution is -2.24. The van der Waals surface area contributed by atoms with Crippen LogP contribution in [-0.4, -0.2) is 10.8 Å². The van der Waals surface area contributed by atoms with Crippen LogP contribution in [0, 0.1) is 21.7 Å². The number of hydrogen-bond acceptors (Lipinski definition) is 4. The molecule has 8 heteroatoms. The van der Waals surface area contributed by atoms with Crippen molar-refractivity contribution in [2.45, 2.75) is 6.54 Å². The molecular weight excluding hydrogens is 274 g/mol. The van der Waals surface area contributed by atoms with E-state index in [0.29, 0.717) is 17.9 Å². The molecular formula is C12H8F2N2O4. The molecule has 2 aromatic rings. The van der Waals surface area contributed by atoms with Crippen molar-refractivity contribution < 1.29 is 22.9 Å². The highest BCUT2D eigenvalue weighted by atomic mass is 19.1. The molecule has 6 nitrogen and oxygen atoms in total. The van der Waals surface area contributed by atoms with Gasteiger partial charge in [-0.05, 0) is 18.2 Å². The molecule has 0 aliphatic heterocycles. The zero-order valence-corrected chi connectivity index (χ0v) is 9.93. The third-order valence-corrected chi connectivity index (χ3v) is 2.48. The largest absolute Gasteiger partial charge is 0.467 e. The summed E-state index contributed by atoms with van der Waals surface area (Å²) in [5, 5.41) is 12.7. The summed E-state index contributed by atoms with van der Waals surface area (Å²) < 4.78 is 31.9. The zero-order valence-electron chi connectivity index (χ0n) is 9.93. The van der Waals surface area contributed by atoms with Gasteiger partial charge in [0.25, 0.3) is 5.91 Å². The van der Waals surface area contributed by atoms with Crippen molar-refractivity contribution in [2.24, 2.45) is 0 Å². The molecule has 0 spiro atoms. The molecule has 1 N–H and O–H groups in total. The lowest BCUT2D eigenvalue weighted by molar-refractivity contribution is -0.387. The molecule has 0 saturated carbocycles. The minimum atomic E-state index is -1.28. The maximum atomic E-state index is 13.6. The molecule has 1 amide bonds. The van der Waals surface area contributed by atoms with E-state index in [-0.39, 0.29) is 6.54 Å². The lowest BCUT2D eigenvalue weighted by Gasteiger charge is -2.05. The molecule has 104 valence electrons. The summed E-state index contributed by atoms with van der Waals surface area (Å²) in [6, 6.07) is 4.06. The smallest absolute Gasteiger partial charge is 0.307 e. The van der Waals surface area contributed by atoms with E-state index in [2.05, 4.69) is 5.32 Å². The summed E-state index contributed by atoms with van der Waals surface area (Å²) in [6.07, 6.45) is 1.40. The molecule has 1 aromatic heterocycles. The number of nitro benzene ring substituents is 1. The van der Waals surface area contributed by atoms with E-state index >= 15 is 0 Å². The van der Waals surface area contributed by atoms with E-state index < -0.39 is 33.7 Å². The third kappa shape index (κ3) is 2.79. The van der Waals surface area contributed by atoms with Gasteiger partial charge in [0.05, 0.1) is 29.4 Å². The van der Waals surface area contributed by atoms with Crippen molar-refractivity contribution in [3.05, 3.63) is 63.6 Å². The predicted molar refractivity (Wildman–Crippen MR) is 62.9 cm³/mol. The minimum absolute atomic E-state index is 0.0100. The number of halogens is 2. The van der Waals surface area contributed by atoms with Gasteiger partial charge in [0.15, 0.2) is 0 Å². The van der Waals surface area contributed by atoms with Crippen molar-refractivity contribution in [1.82, 2.24) is 5.32 Å². The summed E-state index contributed by atoms with van der Waals surface area (Å²) in [4.78, 5) is 21.0. The van der Waals surface area contributed by atoms with E-state index in [1.54, 1.807) is 12.1 Å². The molecule has 0 atom stereocenters. The second-order valence-electron chi connectivity index (χ2n) is 3.80. The molecule has 0 saturated heterocycles. The molecule has 1 aromatic carbocycles. The number of carbonyl (C=O) groups excluding carboxylic acids is 1. The first-order valence-electron chi connectivity index (χ1n) is 5.43. The third-order valence-electron chi connectivity index (χ3n) is 2.48. The van der Waals surface area contributed by atoms with E-state index in [0.717, 1.165) is 0 Å². The maximum absolute atomic E-state index is 13.6. The maximum Gasteiger partial charge on any atom is 0.307 e. The number of benzene rings is 1. The predicted octanol–water partition coefficient (Wildman–Crippen LogP) is 2.40. The fraction of sp³-hybridized carbons (Fsp3) is 0.0833. The van der Waals surface area contributed by atoms with Gasteiger partial charge in [-0.25, -0.2) is 4.39 Å². The van der Waals surface area contributed by atoms with E-state index in [1.807, 2.05) is 0 Å². The second kappa shape index (κ2) is 5.47. The number of carbonyl (C=O) groups is 1. The van der Waals surface area contributed by atoms with E-state index in [9.17, 15) is 23.7 Å². The molecule has 0 radical (unpaired) electrons. The Balaban J connectivity index is 2.17. The van der Waals surface area contributed by atoms with Gasteiger partial charge in [0, 0.05) is 0 Å². The summed E-state index contributed by atoms with van der Waals surface area (Å²) in [5.41, 5.74) is -1.63. The van der Waals surface area contributed by atoms with Gasteiger partial charge < -0.3 is 9.73 Å². The number of nitrogens with one attached hydrogen (secondary N) is 1. The fourth-order valence-corrected chi connectivity index (χ4v) is 1.53. The standard InChI is InChI=1S/C12H8F2N2O4/c13-9-5-11(16(18)19)10(14)4-8(9)12(17)15-6-7-2-1-3-20-7/h1-5H,6H2,(H,15,17). The van der Waals surface area contributed by atoms with Crippen molar-refractivity contribution in [3.63, 3.8) is 0 Å². The van der Waals surface area contributed by atoms with Crippen molar-refractivity contribution in [1.29, 1.82) is 0 Å². The van der Waals surface area contributed by atoms with Crippen molar-refractivity contribution >= 4 is 11.6 Å². The topological polar surface area (TPSA) is 85.4 Å². The minimum Gasteiger partial charge on any atom is -0.467 e. The van der Waals surface area contributed by atoms with Crippen molar-refractivity contribution in [3.8, 4) is 0 Å². The highest BCUT2D eigenvalue weighted by molar-refractivity contribution is 5.94. The van der Waals surface area contributed by atoms with Gasteiger partial charge in [0.2, 0.25) is 5.82 Å². The van der Waals surface area contributed by atoms with Crippen LogP contribution in [0.2, 0.25) is 0 Å². The Kier molecular flexibility index (Phi) is 3.74. The first kappa shape index (κ1) is 13.7. The number of nitrogens with zero attached hydrogens (tertiary/aromatic N) is 1. The normalized spacial score (nSPS) is 10.3. The Morgan fingerprint density at radius 3 is 2.70 bits per heavy atom. The van der Waals surface area contributed by atoms with Gasteiger partial charge in [-0.2, -0.15) is 4.39 Å². The summed E-state index contributed by atoms with van der Waals surface area (Å²) in [5.74, 6) is -2.91. The van der Waals surface area contributed by atoms with Crippen LogP contribution in [-0.2, 0) is 6.54 Å². The Bertz CT molecular complexity index is 656. The molecule has 0 aliphatic rings. The van der Waals surface area contributed by atoms with Crippen LogP contribution in [0.4, 0.5) is 14.5 Å². The average Bonchev–Trinajstić information content (AvgIpc) is 2.91. The first-order chi connectivity index (χ1) is 9.49. The zero-order chi connectivity index (χ0) is 14.7. The van der Waals surface area contributed by atoms with Gasteiger partial charge in [-0.1, -0.05) is 0 Å². The Morgan fingerprint density at radius 1 is 1.35 bits per heavy atom. The number of hydrogen-bond donors (Lipinski definition) is 1. The summed E-state index contributed by atoms with van der Waals surface area (Å²) >= 11 is 0. The monoisotopic (exact) mass is 282 g/mol. The van der Waals surface area contributed by atoms with Gasteiger partial charge in [-0.15, -0.1) is 0 Å². The fourth-order valence-electron chi connectivity index (χ4n) is 1.53. The molecule has 1 heterocycles. The van der Waals surface area contributed by atoms with E-state index in [4.69, 9.17) is 4.42 Å². The highest BCUT2D eigenvalue weighted by Crippen LogP contribution is 2.21. The van der Waals surface area contributed by atoms with Crippen LogP contribution in [0.25, 0.3) is 0 Å². The van der Waals surface area contributed by atoms with Crippen LogP contribution in [0.5, 0.6) is 0 Å². The van der Waals surface area contributed by atoms with Gasteiger partial charge in [0.1, 0.15) is 11.6 Å². The Hall–Kier alpha value is -2.77. The summed E-state index contributed by atoms with van der Waals surface area (Å²) in [7, 11) is 0. The van der Waals surface area contributed by atoms with Crippen LogP contribution >= 0.6 is 0 Å². The molecule has 0 unspecified atom stereocenters. The van der Waals surface area contributed by atoms with Crippen LogP contribution in [0.1, 0.15) is 16.1 Å². The average molecular weight is 282 g/mol. The second-order valence-corrected chi connectivity index (χ2v) is 3.80. The van der Waals surface area contributed by atoms with Gasteiger partial charge >= 0.3 is 5.69 Å². The quantitative estimate of drug-likeness (QED) is 0.689. The van der Waals surface area contributed by atoms with Crippen LogP contribution in [0.15, 0.2) is 34.9 Å². The molecule has 0 bridgehead atoms. The van der Waals surface area contributed by atoms with Crippen LogP contribution < -0.4 is 5.32 Å². The van der Waals surface area contributed by atoms with Gasteiger partial charge in [-0.3, -0.25) is 14.9 Å². The Morgan fingerprint density at radius 2 is 2.10 bits per heavy atom. The highest BCUT2D eigenvalue weighted by Gasteiger charge is 2.21. The number of rotatable bonds is 4. The molecule has 0 aliphatic carbocycles. The molecule has 20 heavy (non-hydrogen) atoms. The van der Waals surface area contributed by atoms with Crippen molar-refractivity contribution in [2.75, 3.05) is 0 Å². The number of amides is 1. The Labute approximate surface area is 111 Å². The number of nitro groups is 1. The lowest BCUT2D eigenvalue weighted by atomic mass is 10.1. The van der Waals surface area contributed by atoms with E-state index in [1.165, 1.54) is 6.26 Å². The molecule has 0 fully saturated rings. The van der Waals surface area contributed by atoms with Crippen LogP contribution in [0.3, 0.4) is 0 Å². The molecule has 2 rings (SSSR count). The summed E-state index contributed by atoms with van der Waals surface area (Å²) in [6.45, 7) is -0.0100. The first-order valence-corrected chi connectivity index (χ1v) is 5.43. The number of furan rings is 1.